The number of ether oxygens (including phenoxy) is 1. The van der Waals surface area contributed by atoms with Gasteiger partial charge in [0.15, 0.2) is 5.78 Å². The SMILES string of the molecule is CCOC(=O)c1c(-c2ccc(Cl)cc2)csc1NC(=CC(=O)c1ccc(C)cc1)C(=O)O. The number of carboxylic acids is 1. The van der Waals surface area contributed by atoms with Crippen LogP contribution in [-0.4, -0.2) is 29.4 Å². The smallest absolute Gasteiger partial charge is 0.352 e. The molecule has 2 aromatic carbocycles. The lowest BCUT2D eigenvalue weighted by molar-refractivity contribution is -0.132. The first-order valence-corrected chi connectivity index (χ1v) is 10.9. The normalized spacial score (nSPS) is 11.2. The van der Waals surface area contributed by atoms with Crippen LogP contribution in [0.15, 0.2) is 65.7 Å². The van der Waals surface area contributed by atoms with Crippen LogP contribution in [0.5, 0.6) is 0 Å². The third-order valence-corrected chi connectivity index (χ3v) is 5.66. The molecule has 0 radical (unpaired) electrons. The molecule has 0 saturated carbocycles. The van der Waals surface area contributed by atoms with E-state index in [0.717, 1.165) is 28.5 Å². The summed E-state index contributed by atoms with van der Waals surface area (Å²) in [7, 11) is 0. The number of benzene rings is 2. The largest absolute Gasteiger partial charge is 0.477 e. The highest BCUT2D eigenvalue weighted by Gasteiger charge is 2.24. The number of carbonyl (C=O) groups is 3. The van der Waals surface area contributed by atoms with E-state index in [9.17, 15) is 19.5 Å². The quantitative estimate of drug-likeness (QED) is 0.245. The van der Waals surface area contributed by atoms with E-state index in [-0.39, 0.29) is 22.9 Å². The first kappa shape index (κ1) is 23.2. The van der Waals surface area contributed by atoms with Crippen molar-refractivity contribution in [2.24, 2.45) is 0 Å². The summed E-state index contributed by atoms with van der Waals surface area (Å²) in [6.45, 7) is 3.73. The molecule has 0 aliphatic rings. The number of ketones is 1. The van der Waals surface area contributed by atoms with Gasteiger partial charge >= 0.3 is 11.9 Å². The lowest BCUT2D eigenvalue weighted by atomic mass is 10.0. The molecule has 0 bridgehead atoms. The molecule has 6 nitrogen and oxygen atoms in total. The number of carbonyl (C=O) groups excluding carboxylic acids is 2. The second-order valence-electron chi connectivity index (χ2n) is 6.80. The zero-order chi connectivity index (χ0) is 23.3. The molecule has 3 aromatic rings. The number of carboxylic acid groups (broad SMARTS) is 1. The van der Waals surface area contributed by atoms with Crippen molar-refractivity contribution >= 4 is 45.7 Å². The zero-order valence-corrected chi connectivity index (χ0v) is 18.9. The maximum absolute atomic E-state index is 12.7. The number of aryl methyl sites for hydroxylation is 1. The van der Waals surface area contributed by atoms with Gasteiger partial charge in [-0.2, -0.15) is 0 Å². The standard InChI is InChI=1S/C24H20ClNO5S/c1-3-31-24(30)21-18(15-8-10-17(25)11-9-15)13-32-22(21)26-19(23(28)29)12-20(27)16-6-4-14(2)5-7-16/h4-13,26H,3H2,1-2H3,(H,28,29). The van der Waals surface area contributed by atoms with Gasteiger partial charge in [-0.05, 0) is 31.5 Å². The van der Waals surface area contributed by atoms with E-state index in [4.69, 9.17) is 16.3 Å². The Bertz CT molecular complexity index is 1180. The molecule has 0 aliphatic heterocycles. The number of allylic oxidation sites excluding steroid dienone is 1. The Balaban J connectivity index is 2.00. The van der Waals surface area contributed by atoms with Crippen molar-refractivity contribution in [3.8, 4) is 11.1 Å². The minimum atomic E-state index is -1.33. The van der Waals surface area contributed by atoms with E-state index in [0.29, 0.717) is 16.1 Å². The van der Waals surface area contributed by atoms with Crippen molar-refractivity contribution in [2.75, 3.05) is 11.9 Å². The molecule has 0 fully saturated rings. The van der Waals surface area contributed by atoms with Crippen LogP contribution >= 0.6 is 22.9 Å². The second-order valence-corrected chi connectivity index (χ2v) is 8.12. The number of hydrogen-bond acceptors (Lipinski definition) is 6. The van der Waals surface area contributed by atoms with Crippen LogP contribution in [0.4, 0.5) is 5.00 Å². The molecule has 2 N–H and O–H groups in total. The minimum absolute atomic E-state index is 0.154. The molecule has 164 valence electrons. The summed E-state index contributed by atoms with van der Waals surface area (Å²) in [6, 6.07) is 13.7. The summed E-state index contributed by atoms with van der Waals surface area (Å²) in [4.78, 5) is 37.1. The van der Waals surface area contributed by atoms with Gasteiger partial charge in [-0.25, -0.2) is 9.59 Å². The first-order valence-electron chi connectivity index (χ1n) is 9.67. The lowest BCUT2D eigenvalue weighted by Gasteiger charge is -2.10. The van der Waals surface area contributed by atoms with Crippen LogP contribution in [0.3, 0.4) is 0 Å². The van der Waals surface area contributed by atoms with Gasteiger partial charge in [0.05, 0.1) is 6.61 Å². The van der Waals surface area contributed by atoms with E-state index in [1.54, 1.807) is 60.8 Å². The molecule has 0 aliphatic carbocycles. The van der Waals surface area contributed by atoms with Crippen molar-refractivity contribution < 1.29 is 24.2 Å². The van der Waals surface area contributed by atoms with Gasteiger partial charge in [-0.3, -0.25) is 4.79 Å². The predicted octanol–water partition coefficient (Wildman–Crippen LogP) is 5.82. The number of thiophene rings is 1. The Morgan fingerprint density at radius 1 is 1.09 bits per heavy atom. The Morgan fingerprint density at radius 3 is 2.34 bits per heavy atom. The van der Waals surface area contributed by atoms with Gasteiger partial charge in [0.25, 0.3) is 0 Å². The highest BCUT2D eigenvalue weighted by Crippen LogP contribution is 2.37. The van der Waals surface area contributed by atoms with Crippen LogP contribution in [0.1, 0.15) is 33.2 Å². The van der Waals surface area contributed by atoms with Crippen LogP contribution < -0.4 is 5.32 Å². The van der Waals surface area contributed by atoms with Crippen LogP contribution in [0.25, 0.3) is 11.1 Å². The molecule has 0 saturated heterocycles. The van der Waals surface area contributed by atoms with Crippen molar-refractivity contribution in [1.29, 1.82) is 0 Å². The van der Waals surface area contributed by atoms with Crippen LogP contribution in [-0.2, 0) is 9.53 Å². The van der Waals surface area contributed by atoms with Gasteiger partial charge in [0, 0.05) is 27.6 Å². The minimum Gasteiger partial charge on any atom is -0.477 e. The number of esters is 1. The number of anilines is 1. The first-order chi connectivity index (χ1) is 15.3. The van der Waals surface area contributed by atoms with E-state index < -0.39 is 17.7 Å². The Kier molecular flexibility index (Phi) is 7.45. The molecule has 32 heavy (non-hydrogen) atoms. The molecule has 0 atom stereocenters. The zero-order valence-electron chi connectivity index (χ0n) is 17.3. The number of halogens is 1. The monoisotopic (exact) mass is 469 g/mol. The van der Waals surface area contributed by atoms with Crippen molar-refractivity contribution in [3.05, 3.63) is 87.4 Å². The predicted molar refractivity (Wildman–Crippen MR) is 126 cm³/mol. The maximum atomic E-state index is 12.7. The van der Waals surface area contributed by atoms with E-state index in [1.807, 2.05) is 6.92 Å². The highest BCUT2D eigenvalue weighted by molar-refractivity contribution is 7.15. The van der Waals surface area contributed by atoms with Gasteiger partial charge in [0.1, 0.15) is 16.3 Å². The van der Waals surface area contributed by atoms with Gasteiger partial charge < -0.3 is 15.2 Å². The summed E-state index contributed by atoms with van der Waals surface area (Å²) in [5.74, 6) is -2.40. The highest BCUT2D eigenvalue weighted by atomic mass is 35.5. The molecule has 0 spiro atoms. The average Bonchev–Trinajstić information content (AvgIpc) is 3.18. The van der Waals surface area contributed by atoms with Gasteiger partial charge in [-0.1, -0.05) is 53.6 Å². The summed E-state index contributed by atoms with van der Waals surface area (Å²) in [6.07, 6.45) is 1.00. The molecule has 0 unspecified atom stereocenters. The Labute approximate surface area is 194 Å². The van der Waals surface area contributed by atoms with Crippen LogP contribution in [0.2, 0.25) is 5.02 Å². The Hall–Kier alpha value is -3.42. The molecule has 1 heterocycles. The molecular weight excluding hydrogens is 450 g/mol. The van der Waals surface area contributed by atoms with Gasteiger partial charge in [-0.15, -0.1) is 11.3 Å². The van der Waals surface area contributed by atoms with Crippen molar-refractivity contribution in [2.45, 2.75) is 13.8 Å². The third-order valence-electron chi connectivity index (χ3n) is 4.52. The molecule has 3 rings (SSSR count). The molecule has 0 amide bonds. The maximum Gasteiger partial charge on any atom is 0.352 e. The molecule has 8 heteroatoms. The van der Waals surface area contributed by atoms with Crippen molar-refractivity contribution in [1.82, 2.24) is 0 Å². The van der Waals surface area contributed by atoms with Gasteiger partial charge in [0.2, 0.25) is 0 Å². The second kappa shape index (κ2) is 10.3. The third kappa shape index (κ3) is 5.43. The number of hydrogen-bond donors (Lipinski definition) is 2. The fourth-order valence-electron chi connectivity index (χ4n) is 2.90. The summed E-state index contributed by atoms with van der Waals surface area (Å²) in [5, 5.41) is 14.9. The lowest BCUT2D eigenvalue weighted by Crippen LogP contribution is -2.15. The topological polar surface area (TPSA) is 92.7 Å². The van der Waals surface area contributed by atoms with E-state index >= 15 is 0 Å². The van der Waals surface area contributed by atoms with Crippen molar-refractivity contribution in [3.63, 3.8) is 0 Å². The summed E-state index contributed by atoms with van der Waals surface area (Å²) < 4.78 is 5.18. The van der Waals surface area contributed by atoms with Crippen LogP contribution in [0, 0.1) is 6.92 Å². The Morgan fingerprint density at radius 2 is 1.75 bits per heavy atom. The average molecular weight is 470 g/mol. The van der Waals surface area contributed by atoms with E-state index in [2.05, 4.69) is 5.32 Å². The fraction of sp³-hybridized carbons (Fsp3) is 0.125. The summed E-state index contributed by atoms with van der Waals surface area (Å²) >= 11 is 7.10. The molecule has 1 aromatic heterocycles. The fourth-order valence-corrected chi connectivity index (χ4v) is 4.00. The number of nitrogens with one attached hydrogen (secondary N) is 1. The number of rotatable bonds is 8. The number of aliphatic carboxylic acids is 1. The summed E-state index contributed by atoms with van der Waals surface area (Å²) in [5.41, 5.74) is 2.46. The van der Waals surface area contributed by atoms with E-state index in [1.165, 1.54) is 0 Å². The molecular formula is C24H20ClNO5S.